The van der Waals surface area contributed by atoms with Gasteiger partial charge in [-0.05, 0) is 78.9 Å². The number of nitrogens with zero attached hydrogens (tertiary/aromatic N) is 1. The van der Waals surface area contributed by atoms with Crippen LogP contribution in [0, 0.1) is 6.92 Å². The molecule has 1 aromatic heterocycles. The number of halogens is 1. The van der Waals surface area contributed by atoms with Gasteiger partial charge in [-0.1, -0.05) is 110 Å². The molecule has 244 valence electrons. The van der Waals surface area contributed by atoms with Gasteiger partial charge in [0.1, 0.15) is 5.75 Å². The molecule has 46 heavy (non-hydrogen) atoms. The topological polar surface area (TPSA) is 80.6 Å². The monoisotopic (exact) mass is 686 g/mol. The summed E-state index contributed by atoms with van der Waals surface area (Å²) in [6, 6.07) is 27.3. The number of hydrogen-bond donors (Lipinski definition) is 2. The van der Waals surface area contributed by atoms with E-state index in [-0.39, 0.29) is 12.3 Å². The molecule has 0 fully saturated rings. The molecule has 0 spiro atoms. The zero-order chi connectivity index (χ0) is 32.7. The van der Waals surface area contributed by atoms with Crippen molar-refractivity contribution in [3.63, 3.8) is 0 Å². The normalized spacial score (nSPS) is 11.7. The maximum atomic E-state index is 13.4. The van der Waals surface area contributed by atoms with Gasteiger partial charge < -0.3 is 19.7 Å². The molecule has 0 radical (unpaired) electrons. The number of carboxylic acids is 1. The first-order valence-electron chi connectivity index (χ1n) is 16.6. The zero-order valence-electron chi connectivity index (χ0n) is 27.1. The fourth-order valence-corrected chi connectivity index (χ4v) is 5.99. The fraction of sp³-hybridized carbons (Fsp3) is 0.385. The van der Waals surface area contributed by atoms with Crippen LogP contribution >= 0.6 is 15.9 Å². The molecule has 3 aromatic carbocycles. The highest BCUT2D eigenvalue weighted by atomic mass is 79.9. The van der Waals surface area contributed by atoms with Crippen LogP contribution in [0.3, 0.4) is 0 Å². The number of benzene rings is 3. The average molecular weight is 688 g/mol. The van der Waals surface area contributed by atoms with Crippen molar-refractivity contribution in [3.05, 3.63) is 112 Å². The molecule has 0 saturated heterocycles. The first-order valence-corrected chi connectivity index (χ1v) is 17.4. The van der Waals surface area contributed by atoms with Gasteiger partial charge in [0, 0.05) is 35.4 Å². The number of aryl methyl sites for hydroxylation is 1. The quantitative estimate of drug-likeness (QED) is 0.0963. The van der Waals surface area contributed by atoms with Gasteiger partial charge in [0.15, 0.2) is 6.10 Å². The van der Waals surface area contributed by atoms with Crippen LogP contribution in [0.4, 0.5) is 0 Å². The number of carbonyl (C=O) groups excluding carboxylic acids is 1. The number of aliphatic carboxylic acids is 1. The van der Waals surface area contributed by atoms with E-state index in [0.717, 1.165) is 46.2 Å². The molecule has 0 unspecified atom stereocenters. The minimum Gasteiger partial charge on any atom is -0.478 e. The van der Waals surface area contributed by atoms with Crippen LogP contribution < -0.4 is 10.1 Å². The summed E-state index contributed by atoms with van der Waals surface area (Å²) in [6.07, 6.45) is 9.90. The van der Waals surface area contributed by atoms with Crippen LogP contribution in [-0.4, -0.2) is 34.2 Å². The number of carboxylic acid groups (broad SMARTS) is 1. The van der Waals surface area contributed by atoms with Crippen molar-refractivity contribution >= 4 is 27.8 Å². The Morgan fingerprint density at radius 1 is 0.848 bits per heavy atom. The van der Waals surface area contributed by atoms with E-state index >= 15 is 0 Å². The van der Waals surface area contributed by atoms with Gasteiger partial charge in [-0.25, -0.2) is 4.79 Å². The molecular weight excluding hydrogens is 640 g/mol. The van der Waals surface area contributed by atoms with Crippen molar-refractivity contribution < 1.29 is 19.4 Å². The molecule has 2 N–H and O–H groups in total. The molecule has 4 rings (SSSR count). The number of aromatic nitrogens is 1. The Balaban J connectivity index is 1.46. The Morgan fingerprint density at radius 2 is 1.50 bits per heavy atom. The third kappa shape index (κ3) is 10.6. The second-order valence-electron chi connectivity index (χ2n) is 11.9. The van der Waals surface area contributed by atoms with Crippen molar-refractivity contribution in [3.8, 4) is 17.0 Å². The first-order chi connectivity index (χ1) is 22.4. The van der Waals surface area contributed by atoms with E-state index < -0.39 is 12.1 Å². The van der Waals surface area contributed by atoms with Gasteiger partial charge in [-0.2, -0.15) is 0 Å². The highest BCUT2D eigenvalue weighted by Crippen LogP contribution is 2.29. The molecule has 0 saturated carbocycles. The number of amides is 1. The standard InChI is InChI=1S/C39H47BrN2O4/c1-3-4-5-6-7-8-9-13-25-41-38(43)35-28-36(42(29(35)2)26-24-30-16-20-33(40)21-17-30)32-18-22-34(23-19-32)46-37(39(44)45)27-31-14-11-10-12-15-31/h10-12,14-23,28,37H,3-9,13,24-27H2,1-2H3,(H,41,43)(H,44,45)/t37-/m1/s1. The van der Waals surface area contributed by atoms with Crippen molar-refractivity contribution in [2.45, 2.75) is 90.7 Å². The van der Waals surface area contributed by atoms with E-state index in [9.17, 15) is 14.7 Å². The fourth-order valence-electron chi connectivity index (χ4n) is 5.73. The summed E-state index contributed by atoms with van der Waals surface area (Å²) in [6.45, 7) is 5.63. The third-order valence-electron chi connectivity index (χ3n) is 8.43. The number of nitrogens with one attached hydrogen (secondary N) is 1. The third-order valence-corrected chi connectivity index (χ3v) is 8.96. The van der Waals surface area contributed by atoms with Crippen LogP contribution in [0.2, 0.25) is 0 Å². The van der Waals surface area contributed by atoms with Gasteiger partial charge >= 0.3 is 5.97 Å². The molecule has 1 amide bonds. The number of unbranched alkanes of at least 4 members (excludes halogenated alkanes) is 7. The van der Waals surface area contributed by atoms with Gasteiger partial charge in [0.2, 0.25) is 0 Å². The average Bonchev–Trinajstić information content (AvgIpc) is 3.39. The van der Waals surface area contributed by atoms with E-state index in [2.05, 4.69) is 44.9 Å². The van der Waals surface area contributed by atoms with Gasteiger partial charge in [-0.15, -0.1) is 0 Å². The van der Waals surface area contributed by atoms with Gasteiger partial charge in [-0.3, -0.25) is 4.79 Å². The minimum atomic E-state index is -1.01. The van der Waals surface area contributed by atoms with Crippen molar-refractivity contribution in [1.82, 2.24) is 9.88 Å². The predicted octanol–water partition coefficient (Wildman–Crippen LogP) is 9.41. The molecule has 1 heterocycles. The van der Waals surface area contributed by atoms with E-state index in [1.54, 1.807) is 12.1 Å². The number of hydrogen-bond acceptors (Lipinski definition) is 3. The molecule has 0 aliphatic rings. The molecule has 0 bridgehead atoms. The van der Waals surface area contributed by atoms with Crippen LogP contribution in [-0.2, 0) is 24.2 Å². The Labute approximate surface area is 282 Å². The van der Waals surface area contributed by atoms with E-state index in [1.165, 1.54) is 44.1 Å². The van der Waals surface area contributed by atoms with Gasteiger partial charge in [0.25, 0.3) is 5.91 Å². The summed E-state index contributed by atoms with van der Waals surface area (Å²) >= 11 is 3.51. The minimum absolute atomic E-state index is 0.0470. The number of rotatable bonds is 19. The first kappa shape index (κ1) is 35.0. The lowest BCUT2D eigenvalue weighted by Gasteiger charge is -2.16. The summed E-state index contributed by atoms with van der Waals surface area (Å²) in [5.41, 5.74) is 5.60. The van der Waals surface area contributed by atoms with Crippen LogP contribution in [0.5, 0.6) is 5.75 Å². The smallest absolute Gasteiger partial charge is 0.345 e. The number of carbonyl (C=O) groups is 2. The van der Waals surface area contributed by atoms with E-state index in [1.807, 2.05) is 67.6 Å². The lowest BCUT2D eigenvalue weighted by molar-refractivity contribution is -0.145. The van der Waals surface area contributed by atoms with Crippen molar-refractivity contribution in [1.29, 1.82) is 0 Å². The molecular formula is C39H47BrN2O4. The van der Waals surface area contributed by atoms with Crippen LogP contribution in [0.25, 0.3) is 11.3 Å². The van der Waals surface area contributed by atoms with Crippen molar-refractivity contribution in [2.24, 2.45) is 0 Å². The molecule has 6 nitrogen and oxygen atoms in total. The second kappa shape index (κ2) is 18.3. The Morgan fingerprint density at radius 3 is 2.15 bits per heavy atom. The lowest BCUT2D eigenvalue weighted by Crippen LogP contribution is -2.29. The van der Waals surface area contributed by atoms with E-state index in [0.29, 0.717) is 24.4 Å². The Bertz CT molecular complexity index is 1510. The molecule has 1 atom stereocenters. The maximum Gasteiger partial charge on any atom is 0.345 e. The molecule has 0 aliphatic heterocycles. The van der Waals surface area contributed by atoms with Gasteiger partial charge in [0.05, 0.1) is 5.56 Å². The van der Waals surface area contributed by atoms with Crippen LogP contribution in [0.1, 0.15) is 85.5 Å². The maximum absolute atomic E-state index is 13.4. The zero-order valence-corrected chi connectivity index (χ0v) is 28.7. The lowest BCUT2D eigenvalue weighted by atomic mass is 10.1. The summed E-state index contributed by atoms with van der Waals surface area (Å²) in [5.74, 6) is -0.567. The Kier molecular flexibility index (Phi) is 14.0. The summed E-state index contributed by atoms with van der Waals surface area (Å²) < 4.78 is 9.15. The predicted molar refractivity (Wildman–Crippen MR) is 190 cm³/mol. The summed E-state index contributed by atoms with van der Waals surface area (Å²) in [7, 11) is 0. The Hall–Kier alpha value is -3.84. The van der Waals surface area contributed by atoms with Crippen molar-refractivity contribution in [2.75, 3.05) is 6.54 Å². The van der Waals surface area contributed by atoms with Crippen LogP contribution in [0.15, 0.2) is 89.4 Å². The molecule has 0 aliphatic carbocycles. The highest BCUT2D eigenvalue weighted by Gasteiger charge is 2.21. The SMILES string of the molecule is CCCCCCCCCCNC(=O)c1cc(-c2ccc(O[C@H](Cc3ccccc3)C(=O)O)cc2)n(CCc2ccc(Br)cc2)c1C. The number of ether oxygens (including phenoxy) is 1. The summed E-state index contributed by atoms with van der Waals surface area (Å²) in [4.78, 5) is 25.3. The summed E-state index contributed by atoms with van der Waals surface area (Å²) in [5, 5.41) is 12.9. The second-order valence-corrected chi connectivity index (χ2v) is 12.9. The highest BCUT2D eigenvalue weighted by molar-refractivity contribution is 9.10. The largest absolute Gasteiger partial charge is 0.478 e. The van der Waals surface area contributed by atoms with E-state index in [4.69, 9.17) is 4.74 Å². The molecule has 7 heteroatoms. The molecule has 4 aromatic rings.